The number of ether oxygens (including phenoxy) is 2. The molecule has 0 amide bonds. The Bertz CT molecular complexity index is 499. The zero-order valence-electron chi connectivity index (χ0n) is 12.8. The molecule has 0 heterocycles. The van der Waals surface area contributed by atoms with Crippen LogP contribution in [0.4, 0.5) is 0 Å². The Balaban J connectivity index is 1.65. The van der Waals surface area contributed by atoms with Crippen LogP contribution in [0.1, 0.15) is 50.5 Å². The second kappa shape index (κ2) is 6.08. The number of esters is 1. The van der Waals surface area contributed by atoms with Gasteiger partial charge in [-0.15, -0.1) is 0 Å². The van der Waals surface area contributed by atoms with E-state index in [1.165, 1.54) is 39.2 Å². The molecule has 2 aliphatic rings. The maximum absolute atomic E-state index is 11.9. The Morgan fingerprint density at radius 3 is 2.67 bits per heavy atom. The van der Waals surface area contributed by atoms with Crippen molar-refractivity contribution in [2.75, 3.05) is 13.7 Å². The van der Waals surface area contributed by atoms with E-state index < -0.39 is 5.41 Å². The zero-order valence-corrected chi connectivity index (χ0v) is 12.8. The minimum absolute atomic E-state index is 0.119. The highest BCUT2D eigenvalue weighted by molar-refractivity contribution is 5.86. The molecule has 2 saturated carbocycles. The SMILES string of the molecule is COC(=O)C1(c2cccc(OCC3CCCCC3)c2)CC1. The highest BCUT2D eigenvalue weighted by Gasteiger charge is 2.52. The van der Waals surface area contributed by atoms with Crippen molar-refractivity contribution in [2.45, 2.75) is 50.4 Å². The molecule has 3 heteroatoms. The normalized spacial score (nSPS) is 20.8. The molecule has 0 radical (unpaired) electrons. The molecule has 21 heavy (non-hydrogen) atoms. The number of carbonyl (C=O) groups is 1. The molecule has 0 saturated heterocycles. The average molecular weight is 288 g/mol. The van der Waals surface area contributed by atoms with Crippen LogP contribution >= 0.6 is 0 Å². The van der Waals surface area contributed by atoms with E-state index in [2.05, 4.69) is 0 Å². The standard InChI is InChI=1S/C18H24O3/c1-20-17(19)18(10-11-18)15-8-5-9-16(12-15)21-13-14-6-3-2-4-7-14/h5,8-9,12,14H,2-4,6-7,10-11,13H2,1H3. The van der Waals surface area contributed by atoms with Crippen molar-refractivity contribution in [3.63, 3.8) is 0 Å². The lowest BCUT2D eigenvalue weighted by molar-refractivity contribution is -0.143. The fraction of sp³-hybridized carbons (Fsp3) is 0.611. The third-order valence-corrected chi connectivity index (χ3v) is 4.92. The van der Waals surface area contributed by atoms with Gasteiger partial charge >= 0.3 is 5.97 Å². The van der Waals surface area contributed by atoms with E-state index in [4.69, 9.17) is 9.47 Å². The molecule has 3 nitrogen and oxygen atoms in total. The van der Waals surface area contributed by atoms with Crippen LogP contribution < -0.4 is 4.74 Å². The first-order valence-corrected chi connectivity index (χ1v) is 8.06. The molecule has 2 aliphatic carbocycles. The summed E-state index contributed by atoms with van der Waals surface area (Å²) in [5.74, 6) is 1.46. The first kappa shape index (κ1) is 14.4. The summed E-state index contributed by atoms with van der Waals surface area (Å²) >= 11 is 0. The van der Waals surface area contributed by atoms with Crippen LogP contribution in [0, 0.1) is 5.92 Å². The van der Waals surface area contributed by atoms with Gasteiger partial charge < -0.3 is 9.47 Å². The van der Waals surface area contributed by atoms with Gasteiger partial charge in [0.2, 0.25) is 0 Å². The number of methoxy groups -OCH3 is 1. The van der Waals surface area contributed by atoms with Gasteiger partial charge in [-0.05, 0) is 49.3 Å². The molecular formula is C18H24O3. The molecule has 0 N–H and O–H groups in total. The van der Waals surface area contributed by atoms with E-state index in [1.807, 2.05) is 24.3 Å². The Morgan fingerprint density at radius 2 is 2.00 bits per heavy atom. The monoisotopic (exact) mass is 288 g/mol. The van der Waals surface area contributed by atoms with E-state index in [0.717, 1.165) is 30.8 Å². The molecule has 0 atom stereocenters. The minimum atomic E-state index is -0.404. The fourth-order valence-corrected chi connectivity index (χ4v) is 3.38. The van der Waals surface area contributed by atoms with Gasteiger partial charge in [-0.25, -0.2) is 0 Å². The van der Waals surface area contributed by atoms with Crippen LogP contribution in [0.5, 0.6) is 5.75 Å². The average Bonchev–Trinajstić information content (AvgIpc) is 3.35. The van der Waals surface area contributed by atoms with Gasteiger partial charge in [-0.2, -0.15) is 0 Å². The molecule has 0 bridgehead atoms. The molecule has 3 rings (SSSR count). The van der Waals surface area contributed by atoms with Crippen LogP contribution in [-0.4, -0.2) is 19.7 Å². The highest BCUT2D eigenvalue weighted by atomic mass is 16.5. The van der Waals surface area contributed by atoms with Crippen LogP contribution in [0.15, 0.2) is 24.3 Å². The minimum Gasteiger partial charge on any atom is -0.493 e. The first-order chi connectivity index (χ1) is 10.2. The summed E-state index contributed by atoms with van der Waals surface area (Å²) in [5, 5.41) is 0. The molecule has 2 fully saturated rings. The maximum Gasteiger partial charge on any atom is 0.316 e. The summed E-state index contributed by atoms with van der Waals surface area (Å²) in [7, 11) is 1.46. The molecule has 0 spiro atoms. The second-order valence-corrected chi connectivity index (χ2v) is 6.42. The number of benzene rings is 1. The van der Waals surface area contributed by atoms with Crippen molar-refractivity contribution >= 4 is 5.97 Å². The molecule has 0 aliphatic heterocycles. The molecule has 1 aromatic carbocycles. The van der Waals surface area contributed by atoms with Gasteiger partial charge in [-0.3, -0.25) is 4.79 Å². The summed E-state index contributed by atoms with van der Waals surface area (Å²) in [6.07, 6.45) is 8.36. The third kappa shape index (κ3) is 3.07. The van der Waals surface area contributed by atoms with Gasteiger partial charge in [-0.1, -0.05) is 31.4 Å². The van der Waals surface area contributed by atoms with Crippen LogP contribution in [-0.2, 0) is 14.9 Å². The fourth-order valence-electron chi connectivity index (χ4n) is 3.38. The molecular weight excluding hydrogens is 264 g/mol. The Kier molecular flexibility index (Phi) is 4.18. The molecule has 0 unspecified atom stereocenters. The quantitative estimate of drug-likeness (QED) is 0.772. The maximum atomic E-state index is 11.9. The summed E-state index contributed by atoms with van der Waals surface area (Å²) in [4.78, 5) is 11.9. The molecule has 114 valence electrons. The summed E-state index contributed by atoms with van der Waals surface area (Å²) in [6, 6.07) is 8.00. The van der Waals surface area contributed by atoms with Crippen molar-refractivity contribution in [2.24, 2.45) is 5.92 Å². The number of rotatable bonds is 5. The van der Waals surface area contributed by atoms with Crippen LogP contribution in [0.2, 0.25) is 0 Å². The van der Waals surface area contributed by atoms with E-state index >= 15 is 0 Å². The Labute approximate surface area is 126 Å². The van der Waals surface area contributed by atoms with E-state index in [0.29, 0.717) is 5.92 Å². The Morgan fingerprint density at radius 1 is 1.24 bits per heavy atom. The lowest BCUT2D eigenvalue weighted by atomic mass is 9.90. The van der Waals surface area contributed by atoms with Crippen LogP contribution in [0.25, 0.3) is 0 Å². The van der Waals surface area contributed by atoms with Gasteiger partial charge in [0.05, 0.1) is 19.1 Å². The number of hydrogen-bond donors (Lipinski definition) is 0. The van der Waals surface area contributed by atoms with E-state index in [-0.39, 0.29) is 5.97 Å². The molecule has 1 aromatic rings. The van der Waals surface area contributed by atoms with Gasteiger partial charge in [0.1, 0.15) is 5.75 Å². The van der Waals surface area contributed by atoms with Crippen molar-refractivity contribution in [3.8, 4) is 5.75 Å². The smallest absolute Gasteiger partial charge is 0.316 e. The topological polar surface area (TPSA) is 35.5 Å². The Hall–Kier alpha value is -1.51. The van der Waals surface area contributed by atoms with Gasteiger partial charge in [0, 0.05) is 0 Å². The summed E-state index contributed by atoms with van der Waals surface area (Å²) in [5.41, 5.74) is 0.634. The van der Waals surface area contributed by atoms with E-state index in [9.17, 15) is 4.79 Å². The lowest BCUT2D eigenvalue weighted by Gasteiger charge is -2.22. The van der Waals surface area contributed by atoms with Crippen molar-refractivity contribution in [3.05, 3.63) is 29.8 Å². The van der Waals surface area contributed by atoms with Gasteiger partial charge in [0.25, 0.3) is 0 Å². The summed E-state index contributed by atoms with van der Waals surface area (Å²) < 4.78 is 10.9. The van der Waals surface area contributed by atoms with Crippen LogP contribution in [0.3, 0.4) is 0 Å². The highest BCUT2D eigenvalue weighted by Crippen LogP contribution is 2.49. The second-order valence-electron chi connectivity index (χ2n) is 6.42. The number of hydrogen-bond acceptors (Lipinski definition) is 3. The zero-order chi connectivity index (χ0) is 14.7. The lowest BCUT2D eigenvalue weighted by Crippen LogP contribution is -2.22. The number of carbonyl (C=O) groups excluding carboxylic acids is 1. The predicted molar refractivity (Wildman–Crippen MR) is 81.4 cm³/mol. The third-order valence-electron chi connectivity index (χ3n) is 4.92. The van der Waals surface area contributed by atoms with Gasteiger partial charge in [0.15, 0.2) is 0 Å². The largest absolute Gasteiger partial charge is 0.493 e. The first-order valence-electron chi connectivity index (χ1n) is 8.06. The van der Waals surface area contributed by atoms with Crippen molar-refractivity contribution in [1.29, 1.82) is 0 Å². The summed E-state index contributed by atoms with van der Waals surface area (Å²) in [6.45, 7) is 0.800. The predicted octanol–water partition coefficient (Wildman–Crippen LogP) is 3.85. The van der Waals surface area contributed by atoms with E-state index in [1.54, 1.807) is 0 Å². The van der Waals surface area contributed by atoms with Crippen molar-refractivity contribution in [1.82, 2.24) is 0 Å². The molecule has 0 aromatic heterocycles. The van der Waals surface area contributed by atoms with Crippen molar-refractivity contribution < 1.29 is 14.3 Å².